The summed E-state index contributed by atoms with van der Waals surface area (Å²) < 4.78 is 1.14. The van der Waals surface area contributed by atoms with E-state index >= 15 is 0 Å². The van der Waals surface area contributed by atoms with E-state index < -0.39 is 0 Å². The average molecular weight is 331 g/mol. The third-order valence-electron chi connectivity index (χ3n) is 3.74. The second kappa shape index (κ2) is 5.98. The quantitative estimate of drug-likeness (QED) is 0.895. The van der Waals surface area contributed by atoms with Crippen molar-refractivity contribution < 1.29 is 0 Å². The molecule has 104 valence electrons. The number of hydrogen-bond acceptors (Lipinski definition) is 2. The van der Waals surface area contributed by atoms with Crippen LogP contribution >= 0.6 is 15.9 Å². The lowest BCUT2D eigenvalue weighted by atomic mass is 10.1. The normalized spacial score (nSPS) is 14.3. The predicted molar refractivity (Wildman–Crippen MR) is 87.7 cm³/mol. The van der Waals surface area contributed by atoms with E-state index in [9.17, 15) is 0 Å². The Kier molecular flexibility index (Phi) is 4.08. The highest BCUT2D eigenvalue weighted by molar-refractivity contribution is 9.10. The fraction of sp³-hybridized carbons (Fsp3) is 0.294. The van der Waals surface area contributed by atoms with E-state index in [0.29, 0.717) is 12.6 Å². The Labute approximate surface area is 128 Å². The maximum Gasteiger partial charge on any atom is 0.0516 e. The van der Waals surface area contributed by atoms with Gasteiger partial charge in [0.2, 0.25) is 0 Å². The monoisotopic (exact) mass is 330 g/mol. The summed E-state index contributed by atoms with van der Waals surface area (Å²) in [7, 11) is 0. The van der Waals surface area contributed by atoms with Gasteiger partial charge in [0.15, 0.2) is 0 Å². The summed E-state index contributed by atoms with van der Waals surface area (Å²) >= 11 is 3.70. The Balaban J connectivity index is 1.87. The Bertz CT molecular complexity index is 579. The van der Waals surface area contributed by atoms with Gasteiger partial charge in [-0.25, -0.2) is 0 Å². The molecule has 3 rings (SSSR count). The largest absolute Gasteiger partial charge is 0.363 e. The number of hydrogen-bond donors (Lipinski definition) is 1. The van der Waals surface area contributed by atoms with Crippen molar-refractivity contribution in [3.8, 4) is 0 Å². The van der Waals surface area contributed by atoms with E-state index in [1.165, 1.54) is 24.1 Å². The van der Waals surface area contributed by atoms with Crippen molar-refractivity contribution >= 4 is 21.6 Å². The highest BCUT2D eigenvalue weighted by atomic mass is 79.9. The lowest BCUT2D eigenvalue weighted by molar-refractivity contribution is 0.792. The topological polar surface area (TPSA) is 29.3 Å². The summed E-state index contributed by atoms with van der Waals surface area (Å²) in [5.74, 6) is 0. The lowest BCUT2D eigenvalue weighted by Gasteiger charge is -2.26. The first kappa shape index (κ1) is 13.7. The van der Waals surface area contributed by atoms with Gasteiger partial charge in [0, 0.05) is 23.6 Å². The Morgan fingerprint density at radius 1 is 1.05 bits per heavy atom. The van der Waals surface area contributed by atoms with E-state index in [-0.39, 0.29) is 0 Å². The first-order valence-corrected chi connectivity index (χ1v) is 7.86. The molecule has 0 heterocycles. The molecule has 1 aliphatic rings. The van der Waals surface area contributed by atoms with Crippen molar-refractivity contribution in [3.05, 3.63) is 64.1 Å². The number of anilines is 1. The third kappa shape index (κ3) is 3.05. The second-order valence-corrected chi connectivity index (χ2v) is 6.19. The summed E-state index contributed by atoms with van der Waals surface area (Å²) in [4.78, 5) is 2.50. The molecule has 1 saturated carbocycles. The van der Waals surface area contributed by atoms with Gasteiger partial charge in [-0.2, -0.15) is 0 Å². The molecule has 20 heavy (non-hydrogen) atoms. The molecule has 0 aliphatic heterocycles. The molecule has 2 aromatic rings. The maximum absolute atomic E-state index is 5.71. The summed E-state index contributed by atoms with van der Waals surface area (Å²) in [6, 6.07) is 17.8. The molecule has 2 nitrogen and oxygen atoms in total. The van der Waals surface area contributed by atoms with Crippen molar-refractivity contribution in [2.45, 2.75) is 32.0 Å². The van der Waals surface area contributed by atoms with Gasteiger partial charge in [-0.15, -0.1) is 0 Å². The average Bonchev–Trinajstić information content (AvgIpc) is 3.31. The van der Waals surface area contributed by atoms with Crippen molar-refractivity contribution in [3.63, 3.8) is 0 Å². The maximum atomic E-state index is 5.71. The fourth-order valence-electron chi connectivity index (χ4n) is 2.49. The van der Waals surface area contributed by atoms with E-state index in [1.54, 1.807) is 0 Å². The van der Waals surface area contributed by atoms with Crippen LogP contribution in [-0.4, -0.2) is 6.04 Å². The number of nitrogens with two attached hydrogens (primary N) is 1. The molecule has 0 atom stereocenters. The number of nitrogens with zero attached hydrogens (tertiary/aromatic N) is 1. The summed E-state index contributed by atoms with van der Waals surface area (Å²) in [5, 5.41) is 0. The summed E-state index contributed by atoms with van der Waals surface area (Å²) in [6.07, 6.45) is 2.58. The lowest BCUT2D eigenvalue weighted by Crippen LogP contribution is -2.25. The van der Waals surface area contributed by atoms with Crippen LogP contribution in [0, 0.1) is 0 Å². The van der Waals surface area contributed by atoms with Gasteiger partial charge >= 0.3 is 0 Å². The van der Waals surface area contributed by atoms with E-state index in [2.05, 4.69) is 69.4 Å². The first-order valence-electron chi connectivity index (χ1n) is 7.07. The standard InChI is InChI=1S/C17H19BrN2/c18-16-10-14(11-19)6-9-17(16)20(15-7-8-15)12-13-4-2-1-3-5-13/h1-6,9-10,15H,7-8,11-12,19H2. The van der Waals surface area contributed by atoms with E-state index in [0.717, 1.165) is 16.6 Å². The van der Waals surface area contributed by atoms with Crippen LogP contribution in [0.2, 0.25) is 0 Å². The van der Waals surface area contributed by atoms with Crippen molar-refractivity contribution in [2.75, 3.05) is 4.90 Å². The minimum absolute atomic E-state index is 0.584. The van der Waals surface area contributed by atoms with Crippen molar-refractivity contribution in [2.24, 2.45) is 5.73 Å². The van der Waals surface area contributed by atoms with Crippen LogP contribution in [0.4, 0.5) is 5.69 Å². The smallest absolute Gasteiger partial charge is 0.0516 e. The summed E-state index contributed by atoms with van der Waals surface area (Å²) in [5.41, 5.74) is 9.50. The van der Waals surface area contributed by atoms with Gasteiger partial charge in [0.25, 0.3) is 0 Å². The van der Waals surface area contributed by atoms with Crippen LogP contribution in [0.1, 0.15) is 24.0 Å². The zero-order valence-electron chi connectivity index (χ0n) is 11.4. The minimum atomic E-state index is 0.584. The zero-order chi connectivity index (χ0) is 13.9. The number of benzene rings is 2. The minimum Gasteiger partial charge on any atom is -0.363 e. The summed E-state index contributed by atoms with van der Waals surface area (Å²) in [6.45, 7) is 1.55. The van der Waals surface area contributed by atoms with Crippen LogP contribution in [0.5, 0.6) is 0 Å². The predicted octanol–water partition coefficient (Wildman–Crippen LogP) is 4.08. The van der Waals surface area contributed by atoms with Crippen LogP contribution in [0.25, 0.3) is 0 Å². The van der Waals surface area contributed by atoms with Gasteiger partial charge in [0.1, 0.15) is 0 Å². The van der Waals surface area contributed by atoms with Gasteiger partial charge < -0.3 is 10.6 Å². The fourth-order valence-corrected chi connectivity index (χ4v) is 3.14. The molecule has 0 aromatic heterocycles. The Hall–Kier alpha value is -1.32. The third-order valence-corrected chi connectivity index (χ3v) is 4.38. The molecule has 0 bridgehead atoms. The highest BCUT2D eigenvalue weighted by Crippen LogP contribution is 2.37. The molecule has 0 spiro atoms. The molecule has 2 aromatic carbocycles. The van der Waals surface area contributed by atoms with Crippen LogP contribution in [-0.2, 0) is 13.1 Å². The van der Waals surface area contributed by atoms with E-state index in [4.69, 9.17) is 5.73 Å². The van der Waals surface area contributed by atoms with Gasteiger partial charge in [-0.05, 0) is 52.0 Å². The molecule has 2 N–H and O–H groups in total. The number of rotatable bonds is 5. The van der Waals surface area contributed by atoms with Crippen molar-refractivity contribution in [1.82, 2.24) is 0 Å². The van der Waals surface area contributed by atoms with Gasteiger partial charge in [-0.3, -0.25) is 0 Å². The molecule has 0 unspecified atom stereocenters. The molecule has 0 radical (unpaired) electrons. The Morgan fingerprint density at radius 3 is 2.40 bits per heavy atom. The molecule has 3 heteroatoms. The molecule has 0 saturated heterocycles. The molecule has 1 fully saturated rings. The molecular formula is C17H19BrN2. The Morgan fingerprint density at radius 2 is 1.80 bits per heavy atom. The van der Waals surface area contributed by atoms with Gasteiger partial charge in [-0.1, -0.05) is 36.4 Å². The van der Waals surface area contributed by atoms with Crippen LogP contribution in [0.3, 0.4) is 0 Å². The molecule has 1 aliphatic carbocycles. The second-order valence-electron chi connectivity index (χ2n) is 5.33. The van der Waals surface area contributed by atoms with E-state index in [1.807, 2.05) is 0 Å². The SMILES string of the molecule is NCc1ccc(N(Cc2ccccc2)C2CC2)c(Br)c1. The first-order chi connectivity index (χ1) is 9.78. The number of halogens is 1. The van der Waals surface area contributed by atoms with Gasteiger partial charge in [0.05, 0.1) is 5.69 Å². The van der Waals surface area contributed by atoms with Crippen molar-refractivity contribution in [1.29, 1.82) is 0 Å². The van der Waals surface area contributed by atoms with Crippen LogP contribution in [0.15, 0.2) is 53.0 Å². The zero-order valence-corrected chi connectivity index (χ0v) is 13.0. The molecular weight excluding hydrogens is 312 g/mol. The van der Waals surface area contributed by atoms with Crippen LogP contribution < -0.4 is 10.6 Å². The highest BCUT2D eigenvalue weighted by Gasteiger charge is 2.30. The molecule has 0 amide bonds.